The standard InChI is InChI=1S/C14H27N3O/c1-10(2)7-13(15)14(18)17-9-12-5-4-6-16(12)8-11(17)3/h10-13H,4-9,15H2,1-3H3/t11?,12?,13-/m0/s1. The maximum atomic E-state index is 12.4. The van der Waals surface area contributed by atoms with Crippen LogP contribution in [-0.4, -0.2) is 53.5 Å². The number of amides is 1. The summed E-state index contributed by atoms with van der Waals surface area (Å²) in [5.74, 6) is 0.634. The van der Waals surface area contributed by atoms with Gasteiger partial charge in [0, 0.05) is 25.2 Å². The molecule has 0 aromatic carbocycles. The van der Waals surface area contributed by atoms with Gasteiger partial charge >= 0.3 is 0 Å². The minimum Gasteiger partial charge on any atom is -0.336 e. The lowest BCUT2D eigenvalue weighted by molar-refractivity contribution is -0.138. The summed E-state index contributed by atoms with van der Waals surface area (Å²) < 4.78 is 0. The zero-order valence-electron chi connectivity index (χ0n) is 11.9. The van der Waals surface area contributed by atoms with Crippen LogP contribution in [0.1, 0.15) is 40.0 Å². The molecule has 3 atom stereocenters. The number of carbonyl (C=O) groups excluding carboxylic acids is 1. The summed E-state index contributed by atoms with van der Waals surface area (Å²) in [5, 5.41) is 0. The molecule has 0 radical (unpaired) electrons. The second kappa shape index (κ2) is 5.57. The Balaban J connectivity index is 1.96. The molecule has 2 aliphatic heterocycles. The van der Waals surface area contributed by atoms with Crippen LogP contribution in [0, 0.1) is 5.92 Å². The third-order valence-corrected chi connectivity index (χ3v) is 4.26. The van der Waals surface area contributed by atoms with Gasteiger partial charge < -0.3 is 10.6 Å². The Morgan fingerprint density at radius 1 is 1.39 bits per heavy atom. The van der Waals surface area contributed by atoms with E-state index in [0.717, 1.165) is 19.5 Å². The third kappa shape index (κ3) is 2.86. The number of carbonyl (C=O) groups is 1. The summed E-state index contributed by atoms with van der Waals surface area (Å²) in [6.45, 7) is 9.48. The van der Waals surface area contributed by atoms with Gasteiger partial charge in [0.05, 0.1) is 6.04 Å². The predicted octanol–water partition coefficient (Wildman–Crippen LogP) is 1.05. The SMILES string of the molecule is CC(C)C[C@H](N)C(=O)N1CC2CCCN2CC1C. The van der Waals surface area contributed by atoms with Crippen molar-refractivity contribution in [3.8, 4) is 0 Å². The molecule has 2 aliphatic rings. The van der Waals surface area contributed by atoms with E-state index in [4.69, 9.17) is 5.73 Å². The summed E-state index contributed by atoms with van der Waals surface area (Å²) >= 11 is 0. The zero-order valence-corrected chi connectivity index (χ0v) is 11.9. The predicted molar refractivity (Wildman–Crippen MR) is 73.2 cm³/mol. The maximum Gasteiger partial charge on any atom is 0.239 e. The highest BCUT2D eigenvalue weighted by molar-refractivity contribution is 5.82. The van der Waals surface area contributed by atoms with Crippen molar-refractivity contribution < 1.29 is 4.79 Å². The van der Waals surface area contributed by atoms with E-state index < -0.39 is 0 Å². The van der Waals surface area contributed by atoms with Crippen LogP contribution in [-0.2, 0) is 4.79 Å². The molecule has 2 N–H and O–H groups in total. The number of hydrogen-bond donors (Lipinski definition) is 1. The Kier molecular flexibility index (Phi) is 4.28. The highest BCUT2D eigenvalue weighted by Gasteiger charge is 2.37. The Labute approximate surface area is 110 Å². The molecular weight excluding hydrogens is 226 g/mol. The van der Waals surface area contributed by atoms with Crippen LogP contribution < -0.4 is 5.73 Å². The summed E-state index contributed by atoms with van der Waals surface area (Å²) in [7, 11) is 0. The number of nitrogens with zero attached hydrogens (tertiary/aromatic N) is 2. The Morgan fingerprint density at radius 2 is 2.11 bits per heavy atom. The molecule has 4 heteroatoms. The van der Waals surface area contributed by atoms with Gasteiger partial charge in [0.2, 0.25) is 5.91 Å². The first-order chi connectivity index (χ1) is 8.49. The van der Waals surface area contributed by atoms with Gasteiger partial charge in [-0.15, -0.1) is 0 Å². The minimum absolute atomic E-state index is 0.155. The van der Waals surface area contributed by atoms with Crippen molar-refractivity contribution in [1.82, 2.24) is 9.80 Å². The molecule has 1 amide bonds. The highest BCUT2D eigenvalue weighted by Crippen LogP contribution is 2.25. The van der Waals surface area contributed by atoms with Crippen molar-refractivity contribution in [1.29, 1.82) is 0 Å². The van der Waals surface area contributed by atoms with E-state index in [2.05, 4.69) is 25.7 Å². The van der Waals surface area contributed by atoms with Crippen molar-refractivity contribution >= 4 is 5.91 Å². The average molecular weight is 253 g/mol. The molecule has 0 aliphatic carbocycles. The monoisotopic (exact) mass is 253 g/mol. The lowest BCUT2D eigenvalue weighted by Crippen LogP contribution is -2.59. The van der Waals surface area contributed by atoms with Crippen LogP contribution in [0.15, 0.2) is 0 Å². The van der Waals surface area contributed by atoms with Crippen LogP contribution >= 0.6 is 0 Å². The molecule has 0 aromatic rings. The van der Waals surface area contributed by atoms with Crippen molar-refractivity contribution in [3.63, 3.8) is 0 Å². The topological polar surface area (TPSA) is 49.6 Å². The molecule has 104 valence electrons. The van der Waals surface area contributed by atoms with Crippen LogP contribution in [0.3, 0.4) is 0 Å². The first-order valence-corrected chi connectivity index (χ1v) is 7.29. The van der Waals surface area contributed by atoms with Gasteiger partial charge in [-0.1, -0.05) is 13.8 Å². The molecule has 2 fully saturated rings. The molecule has 2 saturated heterocycles. The number of nitrogens with two attached hydrogens (primary N) is 1. The fourth-order valence-corrected chi connectivity index (χ4v) is 3.32. The van der Waals surface area contributed by atoms with Crippen molar-refractivity contribution in [2.24, 2.45) is 11.7 Å². The van der Waals surface area contributed by atoms with Crippen LogP contribution in [0.2, 0.25) is 0 Å². The van der Waals surface area contributed by atoms with E-state index in [1.807, 2.05) is 4.90 Å². The number of fused-ring (bicyclic) bond motifs is 1. The Morgan fingerprint density at radius 3 is 2.78 bits per heavy atom. The summed E-state index contributed by atoms with van der Waals surface area (Å²) in [5.41, 5.74) is 6.04. The number of piperazine rings is 1. The van der Waals surface area contributed by atoms with E-state index in [1.165, 1.54) is 19.4 Å². The molecule has 2 unspecified atom stereocenters. The van der Waals surface area contributed by atoms with Crippen LogP contribution in [0.4, 0.5) is 0 Å². The van der Waals surface area contributed by atoms with Gasteiger partial charge in [0.1, 0.15) is 0 Å². The molecule has 0 bridgehead atoms. The van der Waals surface area contributed by atoms with E-state index in [0.29, 0.717) is 18.0 Å². The molecule has 0 spiro atoms. The second-order valence-corrected chi connectivity index (χ2v) is 6.37. The van der Waals surface area contributed by atoms with E-state index in [1.54, 1.807) is 0 Å². The van der Waals surface area contributed by atoms with E-state index >= 15 is 0 Å². The minimum atomic E-state index is -0.319. The Bertz CT molecular complexity index is 305. The fourth-order valence-electron chi connectivity index (χ4n) is 3.32. The molecule has 18 heavy (non-hydrogen) atoms. The zero-order chi connectivity index (χ0) is 13.3. The molecule has 4 nitrogen and oxygen atoms in total. The first-order valence-electron chi connectivity index (χ1n) is 7.29. The largest absolute Gasteiger partial charge is 0.336 e. The molecule has 2 heterocycles. The quantitative estimate of drug-likeness (QED) is 0.818. The van der Waals surface area contributed by atoms with Gasteiger partial charge in [-0.25, -0.2) is 0 Å². The second-order valence-electron chi connectivity index (χ2n) is 6.37. The normalized spacial score (nSPS) is 30.6. The molecule has 0 saturated carbocycles. The summed E-state index contributed by atoms with van der Waals surface area (Å²) in [4.78, 5) is 17.0. The van der Waals surface area contributed by atoms with Crippen LogP contribution in [0.25, 0.3) is 0 Å². The third-order valence-electron chi connectivity index (χ3n) is 4.26. The van der Waals surface area contributed by atoms with Crippen molar-refractivity contribution in [2.75, 3.05) is 19.6 Å². The van der Waals surface area contributed by atoms with Gasteiger partial charge in [-0.05, 0) is 38.6 Å². The summed E-state index contributed by atoms with van der Waals surface area (Å²) in [6.07, 6.45) is 3.30. The lowest BCUT2D eigenvalue weighted by atomic mass is 10.0. The molecular formula is C14H27N3O. The fraction of sp³-hybridized carbons (Fsp3) is 0.929. The smallest absolute Gasteiger partial charge is 0.239 e. The van der Waals surface area contributed by atoms with Gasteiger partial charge in [0.25, 0.3) is 0 Å². The number of hydrogen-bond acceptors (Lipinski definition) is 3. The lowest BCUT2D eigenvalue weighted by Gasteiger charge is -2.43. The maximum absolute atomic E-state index is 12.4. The Hall–Kier alpha value is -0.610. The van der Waals surface area contributed by atoms with Gasteiger partial charge in [0.15, 0.2) is 0 Å². The average Bonchev–Trinajstić information content (AvgIpc) is 2.72. The molecule has 2 rings (SSSR count). The van der Waals surface area contributed by atoms with Crippen LogP contribution in [0.5, 0.6) is 0 Å². The number of rotatable bonds is 3. The van der Waals surface area contributed by atoms with Crippen molar-refractivity contribution in [2.45, 2.75) is 58.2 Å². The highest BCUT2D eigenvalue weighted by atomic mass is 16.2. The van der Waals surface area contributed by atoms with Crippen molar-refractivity contribution in [3.05, 3.63) is 0 Å². The van der Waals surface area contributed by atoms with Gasteiger partial charge in [-0.3, -0.25) is 9.69 Å². The first kappa shape index (κ1) is 13.8. The summed E-state index contributed by atoms with van der Waals surface area (Å²) in [6, 6.07) is 0.571. The van der Waals surface area contributed by atoms with E-state index in [9.17, 15) is 4.79 Å². The van der Waals surface area contributed by atoms with Gasteiger partial charge in [-0.2, -0.15) is 0 Å². The van der Waals surface area contributed by atoms with E-state index in [-0.39, 0.29) is 11.9 Å². The molecule has 0 aromatic heterocycles.